The maximum Gasteiger partial charge on any atom is 0.270 e. The number of hydrogen-bond acceptors (Lipinski definition) is 5. The number of fused-ring (bicyclic) bond motifs is 1. The lowest BCUT2D eigenvalue weighted by molar-refractivity contribution is 0.0946. The molecule has 1 fully saturated rings. The number of aromatic nitrogens is 3. The normalized spacial score (nSPS) is 14.4. The Kier molecular flexibility index (Phi) is 4.73. The van der Waals surface area contributed by atoms with Crippen molar-refractivity contribution in [1.29, 1.82) is 0 Å². The SMILES string of the molecule is O=C(NCc1nccc(N2CCCCC2)n1)c1nccc2ccccc12. The molecule has 26 heavy (non-hydrogen) atoms. The fourth-order valence-electron chi connectivity index (χ4n) is 3.32. The third-order valence-corrected chi connectivity index (χ3v) is 4.67. The van der Waals surface area contributed by atoms with Crippen molar-refractivity contribution < 1.29 is 4.79 Å². The molecule has 4 rings (SSSR count). The topological polar surface area (TPSA) is 71.0 Å². The second-order valence-electron chi connectivity index (χ2n) is 6.44. The van der Waals surface area contributed by atoms with Crippen LogP contribution in [0.5, 0.6) is 0 Å². The average Bonchev–Trinajstić information content (AvgIpc) is 2.72. The fourth-order valence-corrected chi connectivity index (χ4v) is 3.32. The van der Waals surface area contributed by atoms with Crippen LogP contribution in [0.25, 0.3) is 10.8 Å². The zero-order valence-electron chi connectivity index (χ0n) is 14.6. The van der Waals surface area contributed by atoms with Crippen molar-refractivity contribution in [2.75, 3.05) is 18.0 Å². The summed E-state index contributed by atoms with van der Waals surface area (Å²) in [6.07, 6.45) is 7.09. The molecular weight excluding hydrogens is 326 g/mol. The van der Waals surface area contributed by atoms with E-state index in [2.05, 4.69) is 25.2 Å². The van der Waals surface area contributed by atoms with Crippen molar-refractivity contribution in [3.05, 3.63) is 60.3 Å². The van der Waals surface area contributed by atoms with Crippen molar-refractivity contribution in [1.82, 2.24) is 20.3 Å². The molecule has 0 radical (unpaired) electrons. The van der Waals surface area contributed by atoms with Gasteiger partial charge in [-0.05, 0) is 36.8 Å². The molecule has 3 aromatic rings. The first-order valence-corrected chi connectivity index (χ1v) is 9.00. The summed E-state index contributed by atoms with van der Waals surface area (Å²) in [5.41, 5.74) is 0.426. The molecule has 132 valence electrons. The molecule has 6 nitrogen and oxygen atoms in total. The Morgan fingerprint density at radius 1 is 1.00 bits per heavy atom. The molecule has 0 spiro atoms. The predicted molar refractivity (Wildman–Crippen MR) is 101 cm³/mol. The highest BCUT2D eigenvalue weighted by Crippen LogP contribution is 2.18. The van der Waals surface area contributed by atoms with Crippen molar-refractivity contribution in [2.45, 2.75) is 25.8 Å². The minimum Gasteiger partial charge on any atom is -0.357 e. The summed E-state index contributed by atoms with van der Waals surface area (Å²) in [6.45, 7) is 2.34. The maximum atomic E-state index is 12.6. The van der Waals surface area contributed by atoms with Gasteiger partial charge in [-0.3, -0.25) is 9.78 Å². The highest BCUT2D eigenvalue weighted by atomic mass is 16.1. The summed E-state index contributed by atoms with van der Waals surface area (Å²) in [7, 11) is 0. The Hall–Kier alpha value is -3.02. The summed E-state index contributed by atoms with van der Waals surface area (Å²) in [4.78, 5) is 28.0. The van der Waals surface area contributed by atoms with E-state index in [0.29, 0.717) is 11.5 Å². The lowest BCUT2D eigenvalue weighted by atomic mass is 10.1. The molecule has 0 bridgehead atoms. The van der Waals surface area contributed by atoms with Gasteiger partial charge in [-0.2, -0.15) is 0 Å². The second kappa shape index (κ2) is 7.47. The van der Waals surface area contributed by atoms with Gasteiger partial charge in [0.05, 0.1) is 6.54 Å². The molecule has 6 heteroatoms. The van der Waals surface area contributed by atoms with E-state index in [0.717, 1.165) is 29.7 Å². The van der Waals surface area contributed by atoms with Gasteiger partial charge < -0.3 is 10.2 Å². The first-order chi connectivity index (χ1) is 12.8. The van der Waals surface area contributed by atoms with Crippen LogP contribution in [-0.2, 0) is 6.54 Å². The number of carbonyl (C=O) groups is 1. The fraction of sp³-hybridized carbons (Fsp3) is 0.300. The zero-order chi connectivity index (χ0) is 17.8. The van der Waals surface area contributed by atoms with Crippen LogP contribution >= 0.6 is 0 Å². The minimum absolute atomic E-state index is 0.214. The Bertz CT molecular complexity index is 915. The van der Waals surface area contributed by atoms with E-state index in [9.17, 15) is 4.79 Å². The van der Waals surface area contributed by atoms with E-state index >= 15 is 0 Å². The molecule has 1 amide bonds. The molecule has 1 aliphatic rings. The second-order valence-corrected chi connectivity index (χ2v) is 6.44. The van der Waals surface area contributed by atoms with Gasteiger partial charge in [0, 0.05) is 30.9 Å². The third kappa shape index (κ3) is 3.49. The largest absolute Gasteiger partial charge is 0.357 e. The van der Waals surface area contributed by atoms with Gasteiger partial charge in [-0.15, -0.1) is 0 Å². The van der Waals surface area contributed by atoms with Gasteiger partial charge >= 0.3 is 0 Å². The number of anilines is 1. The molecular formula is C20H21N5O. The number of rotatable bonds is 4. The lowest BCUT2D eigenvalue weighted by Gasteiger charge is -2.27. The number of pyridine rings is 1. The number of nitrogens with zero attached hydrogens (tertiary/aromatic N) is 4. The lowest BCUT2D eigenvalue weighted by Crippen LogP contribution is -2.31. The number of hydrogen-bond donors (Lipinski definition) is 1. The Labute approximate surface area is 152 Å². The van der Waals surface area contributed by atoms with Gasteiger partial charge in [0.25, 0.3) is 5.91 Å². The smallest absolute Gasteiger partial charge is 0.270 e. The first-order valence-electron chi connectivity index (χ1n) is 9.00. The van der Waals surface area contributed by atoms with Crippen molar-refractivity contribution >= 4 is 22.5 Å². The third-order valence-electron chi connectivity index (χ3n) is 4.67. The van der Waals surface area contributed by atoms with Gasteiger partial charge in [0.2, 0.25) is 0 Å². The summed E-state index contributed by atoms with van der Waals surface area (Å²) in [5, 5.41) is 4.73. The standard InChI is InChI=1S/C20H21N5O/c26-20(19-16-7-3-2-6-15(16)8-10-22-19)23-14-17-21-11-9-18(24-17)25-12-4-1-5-13-25/h2-3,6-11H,1,4-5,12-14H2,(H,23,26). The number of piperidine rings is 1. The number of nitrogens with one attached hydrogen (secondary N) is 1. The van der Waals surface area contributed by atoms with Gasteiger partial charge in [-0.1, -0.05) is 24.3 Å². The molecule has 1 N–H and O–H groups in total. The van der Waals surface area contributed by atoms with Crippen LogP contribution in [0.2, 0.25) is 0 Å². The highest BCUT2D eigenvalue weighted by molar-refractivity contribution is 6.05. The molecule has 3 heterocycles. The van der Waals surface area contributed by atoms with Crippen LogP contribution in [0, 0.1) is 0 Å². The zero-order valence-corrected chi connectivity index (χ0v) is 14.6. The van der Waals surface area contributed by atoms with Crippen LogP contribution in [0.15, 0.2) is 48.8 Å². The van der Waals surface area contributed by atoms with Gasteiger partial charge in [0.1, 0.15) is 17.3 Å². The monoisotopic (exact) mass is 347 g/mol. The number of benzene rings is 1. The van der Waals surface area contributed by atoms with E-state index < -0.39 is 0 Å². The van der Waals surface area contributed by atoms with E-state index in [1.165, 1.54) is 19.3 Å². The van der Waals surface area contributed by atoms with Crippen LogP contribution in [0.3, 0.4) is 0 Å². The molecule has 0 unspecified atom stereocenters. The first kappa shape index (κ1) is 16.4. The molecule has 0 atom stereocenters. The Morgan fingerprint density at radius 2 is 1.81 bits per heavy atom. The van der Waals surface area contributed by atoms with E-state index in [1.54, 1.807) is 12.4 Å². The Morgan fingerprint density at radius 3 is 2.69 bits per heavy atom. The van der Waals surface area contributed by atoms with Crippen molar-refractivity contribution in [3.63, 3.8) is 0 Å². The quantitative estimate of drug-likeness (QED) is 0.786. The number of carbonyl (C=O) groups excluding carboxylic acids is 1. The molecule has 0 saturated carbocycles. The van der Waals surface area contributed by atoms with Gasteiger partial charge in [0.15, 0.2) is 0 Å². The summed E-state index contributed by atoms with van der Waals surface area (Å²) in [5.74, 6) is 1.34. The average molecular weight is 347 g/mol. The molecule has 0 aliphatic carbocycles. The van der Waals surface area contributed by atoms with Crippen LogP contribution in [-0.4, -0.2) is 33.9 Å². The maximum absolute atomic E-state index is 12.6. The van der Waals surface area contributed by atoms with E-state index in [4.69, 9.17) is 0 Å². The predicted octanol–water partition coefficient (Wildman–Crippen LogP) is 2.95. The molecule has 1 aliphatic heterocycles. The number of amides is 1. The van der Waals surface area contributed by atoms with Crippen LogP contribution < -0.4 is 10.2 Å². The summed E-state index contributed by atoms with van der Waals surface area (Å²) >= 11 is 0. The molecule has 2 aromatic heterocycles. The minimum atomic E-state index is -0.214. The Balaban J connectivity index is 1.47. The highest BCUT2D eigenvalue weighted by Gasteiger charge is 2.14. The van der Waals surface area contributed by atoms with E-state index in [-0.39, 0.29) is 12.5 Å². The molecule has 1 saturated heterocycles. The molecule has 1 aromatic carbocycles. The summed E-state index contributed by atoms with van der Waals surface area (Å²) < 4.78 is 0. The van der Waals surface area contributed by atoms with Crippen LogP contribution in [0.4, 0.5) is 5.82 Å². The van der Waals surface area contributed by atoms with Crippen LogP contribution in [0.1, 0.15) is 35.6 Å². The van der Waals surface area contributed by atoms with E-state index in [1.807, 2.05) is 36.4 Å². The van der Waals surface area contributed by atoms with Gasteiger partial charge in [-0.25, -0.2) is 9.97 Å². The van der Waals surface area contributed by atoms with Crippen molar-refractivity contribution in [3.8, 4) is 0 Å². The summed E-state index contributed by atoms with van der Waals surface area (Å²) in [6, 6.07) is 11.6. The van der Waals surface area contributed by atoms with Crippen molar-refractivity contribution in [2.24, 2.45) is 0 Å².